The molecule has 1 atom stereocenters. The summed E-state index contributed by atoms with van der Waals surface area (Å²) in [4.78, 5) is 34.8. The number of benzene rings is 1. The monoisotopic (exact) mass is 390 g/mol. The summed E-state index contributed by atoms with van der Waals surface area (Å²) < 4.78 is 10.2. The molecule has 138 valence electrons. The lowest BCUT2D eigenvalue weighted by Crippen LogP contribution is -2.43. The molecule has 1 aromatic carbocycles. The fourth-order valence-corrected chi connectivity index (χ4v) is 2.02. The number of carbonyl (C=O) groups excluding carboxylic acids is 3. The zero-order chi connectivity index (χ0) is 19.0. The minimum Gasteiger partial charge on any atom is -0.477 e. The van der Waals surface area contributed by atoms with E-state index in [1.807, 2.05) is 13.8 Å². The average molecular weight is 391 g/mol. The van der Waals surface area contributed by atoms with Crippen LogP contribution in [0, 0.1) is 5.92 Å². The molecule has 0 saturated carbocycles. The molecule has 0 aromatic heterocycles. The predicted molar refractivity (Wildman–Crippen MR) is 93.9 cm³/mol. The van der Waals surface area contributed by atoms with Gasteiger partial charge in [-0.25, -0.2) is 9.59 Å². The van der Waals surface area contributed by atoms with Gasteiger partial charge in [0.25, 0.3) is 5.91 Å². The van der Waals surface area contributed by atoms with E-state index in [0.717, 1.165) is 0 Å². The molecule has 0 aliphatic rings. The van der Waals surface area contributed by atoms with Gasteiger partial charge in [-0.3, -0.25) is 10.1 Å². The standard InChI is InChI=1S/C16H20Cl2N2O5/c1-9(2)7-19-16(23)20-14(21)8-24-15(22)10(3)25-13-5-4-11(17)6-12(13)18/h4-6,9-10H,7-8H2,1-3H3,(H2,19,20,21,23)/t10-/m0/s1. The Morgan fingerprint density at radius 2 is 1.84 bits per heavy atom. The van der Waals surface area contributed by atoms with Crippen LogP contribution >= 0.6 is 23.2 Å². The quantitative estimate of drug-likeness (QED) is 0.698. The lowest BCUT2D eigenvalue weighted by molar-refractivity contribution is -0.154. The molecule has 2 N–H and O–H groups in total. The molecule has 0 bridgehead atoms. The van der Waals surface area contributed by atoms with E-state index in [0.29, 0.717) is 11.6 Å². The van der Waals surface area contributed by atoms with E-state index in [2.05, 4.69) is 10.6 Å². The first-order valence-electron chi connectivity index (χ1n) is 7.55. The van der Waals surface area contributed by atoms with Gasteiger partial charge in [-0.1, -0.05) is 37.0 Å². The number of esters is 1. The molecule has 0 radical (unpaired) electrons. The molecule has 0 aliphatic heterocycles. The largest absolute Gasteiger partial charge is 0.477 e. The van der Waals surface area contributed by atoms with Crippen LogP contribution in [0.25, 0.3) is 0 Å². The van der Waals surface area contributed by atoms with Crippen molar-refractivity contribution < 1.29 is 23.9 Å². The van der Waals surface area contributed by atoms with Gasteiger partial charge in [0.2, 0.25) is 0 Å². The van der Waals surface area contributed by atoms with E-state index in [9.17, 15) is 14.4 Å². The maximum absolute atomic E-state index is 11.8. The summed E-state index contributed by atoms with van der Waals surface area (Å²) in [6.07, 6.45) is -0.999. The molecule has 0 unspecified atom stereocenters. The summed E-state index contributed by atoms with van der Waals surface area (Å²) >= 11 is 11.7. The minimum atomic E-state index is -0.999. The maximum Gasteiger partial charge on any atom is 0.347 e. The Hall–Kier alpha value is -1.99. The van der Waals surface area contributed by atoms with Crippen molar-refractivity contribution in [3.63, 3.8) is 0 Å². The minimum absolute atomic E-state index is 0.242. The number of carbonyl (C=O) groups is 3. The van der Waals surface area contributed by atoms with Crippen molar-refractivity contribution in [1.82, 2.24) is 10.6 Å². The van der Waals surface area contributed by atoms with Gasteiger partial charge < -0.3 is 14.8 Å². The Morgan fingerprint density at radius 1 is 1.16 bits per heavy atom. The summed E-state index contributed by atoms with van der Waals surface area (Å²) in [6, 6.07) is 3.90. The molecule has 1 rings (SSSR count). The first kappa shape index (κ1) is 21.1. The Kier molecular flexibility index (Phi) is 8.51. The predicted octanol–water partition coefficient (Wildman–Crippen LogP) is 2.79. The molecule has 0 saturated heterocycles. The SMILES string of the molecule is CC(C)CNC(=O)NC(=O)COC(=O)[C@H](C)Oc1ccc(Cl)cc1Cl. The fraction of sp³-hybridized carbons (Fsp3) is 0.438. The van der Waals surface area contributed by atoms with Crippen LogP contribution in [0.3, 0.4) is 0 Å². The third-order valence-electron chi connectivity index (χ3n) is 2.80. The second-order valence-electron chi connectivity index (χ2n) is 5.59. The van der Waals surface area contributed by atoms with Crippen molar-refractivity contribution in [1.29, 1.82) is 0 Å². The third kappa shape index (κ3) is 8.09. The number of amides is 3. The molecule has 9 heteroatoms. The highest BCUT2D eigenvalue weighted by molar-refractivity contribution is 6.35. The molecule has 0 heterocycles. The summed E-state index contributed by atoms with van der Waals surface area (Å²) in [5, 5.41) is 5.23. The summed E-state index contributed by atoms with van der Waals surface area (Å²) in [7, 11) is 0. The van der Waals surface area contributed by atoms with E-state index in [4.69, 9.17) is 32.7 Å². The normalized spacial score (nSPS) is 11.6. The number of ether oxygens (including phenoxy) is 2. The van der Waals surface area contributed by atoms with Gasteiger partial charge in [0, 0.05) is 11.6 Å². The van der Waals surface area contributed by atoms with Crippen LogP contribution in [0.4, 0.5) is 4.79 Å². The molecule has 0 aliphatic carbocycles. The topological polar surface area (TPSA) is 93.7 Å². The smallest absolute Gasteiger partial charge is 0.347 e. The van der Waals surface area contributed by atoms with Crippen LogP contribution < -0.4 is 15.4 Å². The van der Waals surface area contributed by atoms with Crippen molar-refractivity contribution in [2.75, 3.05) is 13.2 Å². The molecular weight excluding hydrogens is 371 g/mol. The molecule has 0 fully saturated rings. The number of hydrogen-bond acceptors (Lipinski definition) is 5. The number of urea groups is 1. The van der Waals surface area contributed by atoms with Crippen LogP contribution in [0.5, 0.6) is 5.75 Å². The number of imide groups is 1. The van der Waals surface area contributed by atoms with Gasteiger partial charge in [0.15, 0.2) is 12.7 Å². The summed E-state index contributed by atoms with van der Waals surface area (Å²) in [5.41, 5.74) is 0. The zero-order valence-electron chi connectivity index (χ0n) is 14.1. The molecular formula is C16H20Cl2N2O5. The average Bonchev–Trinajstić information content (AvgIpc) is 2.53. The highest BCUT2D eigenvalue weighted by Crippen LogP contribution is 2.28. The van der Waals surface area contributed by atoms with E-state index in [-0.39, 0.29) is 16.7 Å². The number of halogens is 2. The summed E-state index contributed by atoms with van der Waals surface area (Å²) in [6.45, 7) is 5.10. The van der Waals surface area contributed by atoms with Crippen molar-refractivity contribution in [3.8, 4) is 5.75 Å². The van der Waals surface area contributed by atoms with Gasteiger partial charge in [-0.2, -0.15) is 0 Å². The molecule has 25 heavy (non-hydrogen) atoms. The number of hydrogen-bond donors (Lipinski definition) is 2. The molecule has 7 nitrogen and oxygen atoms in total. The first-order valence-corrected chi connectivity index (χ1v) is 8.30. The lowest BCUT2D eigenvalue weighted by Gasteiger charge is -2.15. The van der Waals surface area contributed by atoms with Crippen molar-refractivity contribution in [2.24, 2.45) is 5.92 Å². The van der Waals surface area contributed by atoms with E-state index in [1.165, 1.54) is 19.1 Å². The Morgan fingerprint density at radius 3 is 2.44 bits per heavy atom. The third-order valence-corrected chi connectivity index (χ3v) is 3.33. The van der Waals surface area contributed by atoms with E-state index in [1.54, 1.807) is 6.07 Å². The van der Waals surface area contributed by atoms with Crippen molar-refractivity contribution in [3.05, 3.63) is 28.2 Å². The fourth-order valence-electron chi connectivity index (χ4n) is 1.57. The van der Waals surface area contributed by atoms with Crippen molar-refractivity contribution in [2.45, 2.75) is 26.9 Å². The van der Waals surface area contributed by atoms with Crippen LogP contribution in [-0.4, -0.2) is 37.2 Å². The van der Waals surface area contributed by atoms with Crippen LogP contribution in [-0.2, 0) is 14.3 Å². The Balaban J connectivity index is 2.39. The van der Waals surface area contributed by atoms with Gasteiger partial charge in [0.05, 0.1) is 5.02 Å². The van der Waals surface area contributed by atoms with Gasteiger partial charge >= 0.3 is 12.0 Å². The molecule has 0 spiro atoms. The molecule has 1 aromatic rings. The first-order chi connectivity index (χ1) is 11.7. The highest BCUT2D eigenvalue weighted by atomic mass is 35.5. The lowest BCUT2D eigenvalue weighted by atomic mass is 10.2. The Labute approximate surface area is 155 Å². The maximum atomic E-state index is 11.8. The van der Waals surface area contributed by atoms with E-state index >= 15 is 0 Å². The second-order valence-corrected chi connectivity index (χ2v) is 6.44. The van der Waals surface area contributed by atoms with Crippen LogP contribution in [0.2, 0.25) is 10.0 Å². The van der Waals surface area contributed by atoms with Gasteiger partial charge in [-0.15, -0.1) is 0 Å². The zero-order valence-corrected chi connectivity index (χ0v) is 15.6. The van der Waals surface area contributed by atoms with E-state index < -0.39 is 30.6 Å². The second kappa shape index (κ2) is 10.1. The van der Waals surface area contributed by atoms with Crippen molar-refractivity contribution >= 4 is 41.1 Å². The van der Waals surface area contributed by atoms with Crippen LogP contribution in [0.15, 0.2) is 18.2 Å². The van der Waals surface area contributed by atoms with Gasteiger partial charge in [0.1, 0.15) is 5.75 Å². The summed E-state index contributed by atoms with van der Waals surface area (Å²) in [5.74, 6) is -1.01. The molecule has 3 amide bonds. The highest BCUT2D eigenvalue weighted by Gasteiger charge is 2.19. The van der Waals surface area contributed by atoms with Gasteiger partial charge in [-0.05, 0) is 31.0 Å². The van der Waals surface area contributed by atoms with Crippen LogP contribution in [0.1, 0.15) is 20.8 Å². The Bertz CT molecular complexity index is 637. The number of rotatable bonds is 7. The number of nitrogens with one attached hydrogen (secondary N) is 2.